The summed E-state index contributed by atoms with van der Waals surface area (Å²) in [7, 11) is 1.62. The maximum absolute atomic E-state index is 12.2. The molecule has 7 nitrogen and oxygen atoms in total. The van der Waals surface area contributed by atoms with E-state index in [4.69, 9.17) is 17.4 Å². The molecule has 0 amide bonds. The Bertz CT molecular complexity index is 361. The minimum Gasteiger partial charge on any atom is -0.403 e. The van der Waals surface area contributed by atoms with Gasteiger partial charge in [-0.15, -0.1) is 0 Å². The third-order valence-electron chi connectivity index (χ3n) is 2.06. The standard InChI is InChI=1S/C9H18F3N7/c1-6(17-4-7(3-13)16-2)8(18-14)19(15)5-9(10,11)12/h3-4,6,16H,5,13-15H2,1-2H3/b7-3+,17-4?,18-8-. The molecule has 0 heterocycles. The van der Waals surface area contributed by atoms with Crippen LogP contribution in [0.4, 0.5) is 13.2 Å². The van der Waals surface area contributed by atoms with Gasteiger partial charge in [-0.1, -0.05) is 0 Å². The first-order chi connectivity index (χ1) is 8.75. The summed E-state index contributed by atoms with van der Waals surface area (Å²) < 4.78 is 36.6. The molecule has 0 saturated carbocycles. The molecular formula is C9H18F3N7. The maximum atomic E-state index is 12.2. The predicted molar refractivity (Wildman–Crippen MR) is 67.9 cm³/mol. The number of hydrazine groups is 1. The molecule has 19 heavy (non-hydrogen) atoms. The zero-order chi connectivity index (χ0) is 15.1. The highest BCUT2D eigenvalue weighted by Gasteiger charge is 2.32. The lowest BCUT2D eigenvalue weighted by Crippen LogP contribution is -2.48. The van der Waals surface area contributed by atoms with Gasteiger partial charge < -0.3 is 16.9 Å². The SMILES string of the molecule is CN/C(C=NC(C)/C(=N/N)N(N)CC(F)(F)F)=C/N. The fourth-order valence-electron chi connectivity index (χ4n) is 1.15. The predicted octanol–water partition coefficient (Wildman–Crippen LogP) is -0.525. The first-order valence-corrected chi connectivity index (χ1v) is 5.24. The van der Waals surface area contributed by atoms with Crippen LogP contribution in [-0.4, -0.2) is 42.9 Å². The summed E-state index contributed by atoms with van der Waals surface area (Å²) in [6.45, 7) is 0.136. The number of nitrogens with zero attached hydrogens (tertiary/aromatic N) is 3. The van der Waals surface area contributed by atoms with Crippen LogP contribution in [0.1, 0.15) is 6.92 Å². The topological polar surface area (TPSA) is 118 Å². The van der Waals surface area contributed by atoms with E-state index in [1.54, 1.807) is 7.05 Å². The molecule has 0 radical (unpaired) electrons. The Morgan fingerprint density at radius 2 is 2.05 bits per heavy atom. The lowest BCUT2D eigenvalue weighted by molar-refractivity contribution is -0.138. The number of hydrogen-bond donors (Lipinski definition) is 4. The number of alkyl halides is 3. The van der Waals surface area contributed by atoms with E-state index in [1.807, 2.05) is 0 Å². The van der Waals surface area contributed by atoms with Gasteiger partial charge in [0.1, 0.15) is 12.6 Å². The van der Waals surface area contributed by atoms with E-state index in [1.165, 1.54) is 19.3 Å². The Labute approximate surface area is 109 Å². The summed E-state index contributed by atoms with van der Waals surface area (Å²) in [5.74, 6) is 10.1. The summed E-state index contributed by atoms with van der Waals surface area (Å²) in [5, 5.41) is 6.37. The Hall–Kier alpha value is -1.97. The number of hydrogen-bond acceptors (Lipinski definition) is 6. The van der Waals surface area contributed by atoms with Crippen LogP contribution in [0.3, 0.4) is 0 Å². The van der Waals surface area contributed by atoms with Crippen molar-refractivity contribution in [1.82, 2.24) is 10.3 Å². The fraction of sp³-hybridized carbons (Fsp3) is 0.556. The second kappa shape index (κ2) is 7.46. The van der Waals surface area contributed by atoms with E-state index in [0.717, 1.165) is 0 Å². The molecular weight excluding hydrogens is 263 g/mol. The first-order valence-electron chi connectivity index (χ1n) is 5.24. The average molecular weight is 281 g/mol. The van der Waals surface area contributed by atoms with E-state index in [0.29, 0.717) is 10.7 Å². The molecule has 0 aliphatic heterocycles. The number of halogens is 3. The number of nitrogens with two attached hydrogens (primary N) is 3. The zero-order valence-electron chi connectivity index (χ0n) is 10.6. The van der Waals surface area contributed by atoms with Gasteiger partial charge in [0, 0.05) is 19.5 Å². The number of amidine groups is 1. The Kier molecular flexibility index (Phi) is 6.69. The second-order valence-electron chi connectivity index (χ2n) is 3.56. The number of allylic oxidation sites excluding steroid dienone is 1. The van der Waals surface area contributed by atoms with Crippen LogP contribution in [0.25, 0.3) is 0 Å². The molecule has 0 fully saturated rings. The summed E-state index contributed by atoms with van der Waals surface area (Å²) in [4.78, 5) is 3.95. The minimum atomic E-state index is -4.46. The van der Waals surface area contributed by atoms with E-state index >= 15 is 0 Å². The quantitative estimate of drug-likeness (QED) is 0.234. The van der Waals surface area contributed by atoms with Crippen LogP contribution in [0.15, 0.2) is 22.0 Å². The molecule has 0 spiro atoms. The van der Waals surface area contributed by atoms with Crippen LogP contribution in [0, 0.1) is 0 Å². The molecule has 0 aliphatic carbocycles. The van der Waals surface area contributed by atoms with Gasteiger partial charge in [0.25, 0.3) is 0 Å². The molecule has 7 N–H and O–H groups in total. The molecule has 0 saturated heterocycles. The van der Waals surface area contributed by atoms with E-state index < -0.39 is 18.8 Å². The molecule has 0 aliphatic rings. The van der Waals surface area contributed by atoms with Crippen molar-refractivity contribution in [2.24, 2.45) is 27.5 Å². The van der Waals surface area contributed by atoms with Crippen molar-refractivity contribution < 1.29 is 13.2 Å². The van der Waals surface area contributed by atoms with Gasteiger partial charge >= 0.3 is 6.18 Å². The average Bonchev–Trinajstić information content (AvgIpc) is 2.28. The molecule has 0 bridgehead atoms. The first kappa shape index (κ1) is 17.0. The van der Waals surface area contributed by atoms with Crippen molar-refractivity contribution in [3.05, 3.63) is 11.9 Å². The molecule has 0 rings (SSSR count). The molecule has 1 unspecified atom stereocenters. The van der Waals surface area contributed by atoms with Crippen molar-refractivity contribution in [3.8, 4) is 0 Å². The lowest BCUT2D eigenvalue weighted by atomic mass is 10.3. The highest BCUT2D eigenvalue weighted by molar-refractivity contribution is 5.89. The monoisotopic (exact) mass is 281 g/mol. The highest BCUT2D eigenvalue weighted by Crippen LogP contribution is 2.15. The third kappa shape index (κ3) is 6.50. The van der Waals surface area contributed by atoms with Crippen molar-refractivity contribution in [3.63, 3.8) is 0 Å². The number of rotatable bonds is 5. The van der Waals surface area contributed by atoms with Crippen molar-refractivity contribution in [2.45, 2.75) is 19.1 Å². The van der Waals surface area contributed by atoms with E-state index in [9.17, 15) is 13.2 Å². The number of nitrogens with one attached hydrogen (secondary N) is 1. The second-order valence-corrected chi connectivity index (χ2v) is 3.56. The molecule has 110 valence electrons. The van der Waals surface area contributed by atoms with E-state index in [-0.39, 0.29) is 5.84 Å². The Balaban J connectivity index is 4.79. The number of hydrazone groups is 1. The number of aliphatic imine (C=N–C) groups is 1. The Morgan fingerprint density at radius 3 is 2.42 bits per heavy atom. The van der Waals surface area contributed by atoms with Gasteiger partial charge in [-0.05, 0) is 6.92 Å². The zero-order valence-corrected chi connectivity index (χ0v) is 10.6. The summed E-state index contributed by atoms with van der Waals surface area (Å²) in [6, 6.07) is -0.749. The van der Waals surface area contributed by atoms with Crippen LogP contribution >= 0.6 is 0 Å². The van der Waals surface area contributed by atoms with Gasteiger partial charge in [0.2, 0.25) is 0 Å². The molecule has 10 heteroatoms. The van der Waals surface area contributed by atoms with Gasteiger partial charge in [-0.2, -0.15) is 18.3 Å². The van der Waals surface area contributed by atoms with Gasteiger partial charge in [-0.3, -0.25) is 10.0 Å². The van der Waals surface area contributed by atoms with Crippen molar-refractivity contribution in [1.29, 1.82) is 0 Å². The summed E-state index contributed by atoms with van der Waals surface area (Å²) in [5.41, 5.74) is 5.76. The van der Waals surface area contributed by atoms with Crippen LogP contribution < -0.4 is 22.7 Å². The minimum absolute atomic E-state index is 0.193. The van der Waals surface area contributed by atoms with Crippen LogP contribution in [0.5, 0.6) is 0 Å². The van der Waals surface area contributed by atoms with E-state index in [2.05, 4.69) is 15.4 Å². The molecule has 1 atom stereocenters. The highest BCUT2D eigenvalue weighted by atomic mass is 19.4. The van der Waals surface area contributed by atoms with Crippen LogP contribution in [0.2, 0.25) is 0 Å². The van der Waals surface area contributed by atoms with Gasteiger partial charge in [-0.25, -0.2) is 5.84 Å². The molecule has 0 aromatic carbocycles. The molecule has 0 aromatic heterocycles. The molecule has 0 aromatic rings. The smallest absolute Gasteiger partial charge is 0.403 e. The summed E-state index contributed by atoms with van der Waals surface area (Å²) >= 11 is 0. The Morgan fingerprint density at radius 1 is 1.47 bits per heavy atom. The largest absolute Gasteiger partial charge is 0.407 e. The summed E-state index contributed by atoms with van der Waals surface area (Å²) in [6.07, 6.45) is -1.86. The van der Waals surface area contributed by atoms with Crippen molar-refractivity contribution in [2.75, 3.05) is 13.6 Å². The fourth-order valence-corrected chi connectivity index (χ4v) is 1.15. The normalized spacial score (nSPS) is 15.7. The van der Waals surface area contributed by atoms with Gasteiger partial charge in [0.05, 0.1) is 5.70 Å². The van der Waals surface area contributed by atoms with Gasteiger partial charge in [0.15, 0.2) is 5.84 Å². The lowest BCUT2D eigenvalue weighted by Gasteiger charge is -2.23. The maximum Gasteiger partial charge on any atom is 0.407 e. The van der Waals surface area contributed by atoms with Crippen molar-refractivity contribution >= 4 is 12.1 Å². The third-order valence-corrected chi connectivity index (χ3v) is 2.06. The van der Waals surface area contributed by atoms with Crippen LogP contribution in [-0.2, 0) is 0 Å².